The molecule has 170 valence electrons. The van der Waals surface area contributed by atoms with Crippen LogP contribution in [0.4, 0.5) is 5.82 Å². The maximum atomic E-state index is 13.2. The van der Waals surface area contributed by atoms with E-state index in [0.717, 1.165) is 25.5 Å². The monoisotopic (exact) mass is 467 g/mol. The molecule has 0 aliphatic heterocycles. The summed E-state index contributed by atoms with van der Waals surface area (Å²) in [5.74, 6) is 0.328. The SMILES string of the molecule is CS(=O)(=O)c1ccc(C(CC2CCCC2)C(=O)Nc2ccn(CCCCO)n2)cc1Cl. The van der Waals surface area contributed by atoms with Gasteiger partial charge >= 0.3 is 0 Å². The van der Waals surface area contributed by atoms with Gasteiger partial charge in [-0.25, -0.2) is 8.42 Å². The van der Waals surface area contributed by atoms with E-state index in [9.17, 15) is 13.2 Å². The molecule has 7 nitrogen and oxygen atoms in total. The number of carbonyl (C=O) groups is 1. The first-order valence-corrected chi connectivity index (χ1v) is 13.0. The van der Waals surface area contributed by atoms with Gasteiger partial charge in [0, 0.05) is 31.7 Å². The Morgan fingerprint density at radius 3 is 2.68 bits per heavy atom. The molecule has 2 N–H and O–H groups in total. The predicted octanol–water partition coefficient (Wildman–Crippen LogP) is 4.02. The summed E-state index contributed by atoms with van der Waals surface area (Å²) in [5, 5.41) is 16.3. The lowest BCUT2D eigenvalue weighted by atomic mass is 9.87. The van der Waals surface area contributed by atoms with Gasteiger partial charge in [-0.1, -0.05) is 43.4 Å². The normalized spacial score (nSPS) is 15.8. The number of sulfone groups is 1. The third-order valence-electron chi connectivity index (χ3n) is 5.81. The number of aromatic nitrogens is 2. The highest BCUT2D eigenvalue weighted by molar-refractivity contribution is 7.90. The number of benzene rings is 1. The molecule has 1 saturated carbocycles. The largest absolute Gasteiger partial charge is 0.396 e. The predicted molar refractivity (Wildman–Crippen MR) is 121 cm³/mol. The Labute approximate surface area is 188 Å². The van der Waals surface area contributed by atoms with Crippen LogP contribution in [-0.4, -0.2) is 42.1 Å². The first kappa shape index (κ1) is 23.8. The zero-order valence-electron chi connectivity index (χ0n) is 17.8. The van der Waals surface area contributed by atoms with Crippen molar-refractivity contribution in [2.45, 2.75) is 62.3 Å². The number of nitrogens with one attached hydrogen (secondary N) is 1. The van der Waals surface area contributed by atoms with E-state index in [0.29, 0.717) is 36.7 Å². The van der Waals surface area contributed by atoms with Gasteiger partial charge in [0.15, 0.2) is 15.7 Å². The van der Waals surface area contributed by atoms with Crippen LogP contribution in [0.1, 0.15) is 56.4 Å². The third-order valence-corrected chi connectivity index (χ3v) is 7.39. The Morgan fingerprint density at radius 1 is 1.29 bits per heavy atom. The Bertz CT molecular complexity index is 1000. The number of aryl methyl sites for hydroxylation is 1. The van der Waals surface area contributed by atoms with E-state index in [4.69, 9.17) is 16.7 Å². The Morgan fingerprint density at radius 2 is 2.03 bits per heavy atom. The molecule has 1 aromatic heterocycles. The van der Waals surface area contributed by atoms with E-state index in [-0.39, 0.29) is 22.4 Å². The van der Waals surface area contributed by atoms with Crippen LogP contribution in [0, 0.1) is 5.92 Å². The average Bonchev–Trinajstić information content (AvgIpc) is 3.37. The van der Waals surface area contributed by atoms with Gasteiger partial charge in [0.25, 0.3) is 0 Å². The van der Waals surface area contributed by atoms with Gasteiger partial charge in [0.05, 0.1) is 15.8 Å². The molecule has 0 radical (unpaired) electrons. The second-order valence-corrected chi connectivity index (χ2v) is 10.7. The molecule has 31 heavy (non-hydrogen) atoms. The Balaban J connectivity index is 1.78. The number of hydrogen-bond donors (Lipinski definition) is 2. The van der Waals surface area contributed by atoms with E-state index in [1.165, 1.54) is 18.9 Å². The molecule has 2 aromatic rings. The molecule has 1 aliphatic carbocycles. The highest BCUT2D eigenvalue weighted by atomic mass is 35.5. The minimum Gasteiger partial charge on any atom is -0.396 e. The van der Waals surface area contributed by atoms with Gasteiger partial charge in [0.1, 0.15) is 0 Å². The summed E-state index contributed by atoms with van der Waals surface area (Å²) in [5.41, 5.74) is 0.712. The van der Waals surface area contributed by atoms with Crippen molar-refractivity contribution in [1.29, 1.82) is 0 Å². The second kappa shape index (κ2) is 10.6. The first-order valence-electron chi connectivity index (χ1n) is 10.7. The summed E-state index contributed by atoms with van der Waals surface area (Å²) >= 11 is 6.26. The maximum absolute atomic E-state index is 13.2. The van der Waals surface area contributed by atoms with E-state index in [1.54, 1.807) is 29.1 Å². The van der Waals surface area contributed by atoms with Crippen LogP contribution in [0.3, 0.4) is 0 Å². The van der Waals surface area contributed by atoms with Crippen LogP contribution in [0.5, 0.6) is 0 Å². The Kier molecular flexibility index (Phi) is 8.13. The zero-order chi connectivity index (χ0) is 22.4. The molecule has 1 heterocycles. The average molecular weight is 468 g/mol. The molecule has 3 rings (SSSR count). The molecule has 0 spiro atoms. The summed E-state index contributed by atoms with van der Waals surface area (Å²) in [6.07, 6.45) is 9.66. The summed E-state index contributed by atoms with van der Waals surface area (Å²) in [6, 6.07) is 6.53. The number of unbranched alkanes of at least 4 members (excludes halogenated alkanes) is 1. The molecule has 1 aromatic carbocycles. The molecule has 9 heteroatoms. The number of amides is 1. The van der Waals surface area contributed by atoms with Crippen molar-refractivity contribution in [3.8, 4) is 0 Å². The molecular weight excluding hydrogens is 438 g/mol. The van der Waals surface area contributed by atoms with Gasteiger partial charge in [-0.2, -0.15) is 5.10 Å². The Hall–Kier alpha value is -1.90. The molecule has 1 aliphatic rings. The van der Waals surface area contributed by atoms with Gasteiger partial charge < -0.3 is 10.4 Å². The molecular formula is C22H30ClN3O4S. The van der Waals surface area contributed by atoms with Gasteiger partial charge in [0.2, 0.25) is 5.91 Å². The van der Waals surface area contributed by atoms with Crippen LogP contribution >= 0.6 is 11.6 Å². The smallest absolute Gasteiger partial charge is 0.233 e. The van der Waals surface area contributed by atoms with Gasteiger partial charge in [-0.05, 0) is 42.9 Å². The molecule has 0 bridgehead atoms. The lowest BCUT2D eigenvalue weighted by molar-refractivity contribution is -0.118. The van der Waals surface area contributed by atoms with Crippen molar-refractivity contribution in [3.05, 3.63) is 41.0 Å². The highest BCUT2D eigenvalue weighted by Crippen LogP contribution is 2.36. The van der Waals surface area contributed by atoms with E-state index >= 15 is 0 Å². The van der Waals surface area contributed by atoms with Crippen LogP contribution in [0.15, 0.2) is 35.4 Å². The summed E-state index contributed by atoms with van der Waals surface area (Å²) in [7, 11) is -3.44. The number of halogens is 1. The van der Waals surface area contributed by atoms with Crippen LogP contribution < -0.4 is 5.32 Å². The minimum absolute atomic E-state index is 0.0690. The van der Waals surface area contributed by atoms with Gasteiger partial charge in [-0.3, -0.25) is 9.48 Å². The number of anilines is 1. The molecule has 1 atom stereocenters. The number of hydrogen-bond acceptors (Lipinski definition) is 5. The fourth-order valence-corrected chi connectivity index (χ4v) is 5.50. The number of carbonyl (C=O) groups excluding carboxylic acids is 1. The first-order chi connectivity index (χ1) is 14.8. The summed E-state index contributed by atoms with van der Waals surface area (Å²) in [6.45, 7) is 0.818. The van der Waals surface area contributed by atoms with Crippen LogP contribution in [-0.2, 0) is 21.2 Å². The zero-order valence-corrected chi connectivity index (χ0v) is 19.3. The quantitative estimate of drug-likeness (QED) is 0.514. The molecule has 0 saturated heterocycles. The van der Waals surface area contributed by atoms with Crippen molar-refractivity contribution in [3.63, 3.8) is 0 Å². The van der Waals surface area contributed by atoms with Crippen molar-refractivity contribution in [2.75, 3.05) is 18.2 Å². The van der Waals surface area contributed by atoms with Crippen LogP contribution in [0.2, 0.25) is 5.02 Å². The molecule has 1 fully saturated rings. The van der Waals surface area contributed by atoms with Crippen molar-refractivity contribution in [2.24, 2.45) is 5.92 Å². The lowest BCUT2D eigenvalue weighted by Gasteiger charge is -2.21. The lowest BCUT2D eigenvalue weighted by Crippen LogP contribution is -2.23. The molecule has 1 unspecified atom stereocenters. The van der Waals surface area contributed by atoms with E-state index < -0.39 is 15.8 Å². The highest BCUT2D eigenvalue weighted by Gasteiger charge is 2.28. The molecule has 1 amide bonds. The number of rotatable bonds is 10. The second-order valence-electron chi connectivity index (χ2n) is 8.28. The van der Waals surface area contributed by atoms with Crippen molar-refractivity contribution < 1.29 is 18.3 Å². The minimum atomic E-state index is -3.44. The van der Waals surface area contributed by atoms with Crippen molar-refractivity contribution >= 4 is 33.2 Å². The van der Waals surface area contributed by atoms with Crippen LogP contribution in [0.25, 0.3) is 0 Å². The number of aliphatic hydroxyl groups is 1. The summed E-state index contributed by atoms with van der Waals surface area (Å²) < 4.78 is 25.5. The maximum Gasteiger partial charge on any atom is 0.233 e. The topological polar surface area (TPSA) is 101 Å². The summed E-state index contributed by atoms with van der Waals surface area (Å²) in [4.78, 5) is 13.3. The number of aliphatic hydroxyl groups excluding tert-OH is 1. The fourth-order valence-electron chi connectivity index (χ4n) is 4.16. The van der Waals surface area contributed by atoms with E-state index in [2.05, 4.69) is 10.4 Å². The third kappa shape index (κ3) is 6.54. The van der Waals surface area contributed by atoms with Crippen molar-refractivity contribution in [1.82, 2.24) is 9.78 Å². The fraction of sp³-hybridized carbons (Fsp3) is 0.545. The van der Waals surface area contributed by atoms with Gasteiger partial charge in [-0.15, -0.1) is 0 Å². The standard InChI is InChI=1S/C22H30ClN3O4S/c1-31(29,30)20-9-8-17(15-19(20)23)18(14-16-6-2-3-7-16)22(28)24-21-10-12-26(25-21)11-4-5-13-27/h8-10,12,15-16,18,27H,2-7,11,13-14H2,1H3,(H,24,25,28). The number of nitrogens with zero attached hydrogens (tertiary/aromatic N) is 2. The van der Waals surface area contributed by atoms with E-state index in [1.807, 2.05) is 0 Å².